The van der Waals surface area contributed by atoms with Gasteiger partial charge in [-0.1, -0.05) is 18.2 Å². The third kappa shape index (κ3) is 3.55. The van der Waals surface area contributed by atoms with Gasteiger partial charge in [-0.3, -0.25) is 4.79 Å². The number of fused-ring (bicyclic) bond motifs is 1. The molecule has 0 bridgehead atoms. The van der Waals surface area contributed by atoms with E-state index in [1.807, 2.05) is 49.5 Å². The van der Waals surface area contributed by atoms with E-state index in [1.54, 1.807) is 19.1 Å². The average molecular weight is 341 g/mol. The number of nitrogens with zero attached hydrogens (tertiary/aromatic N) is 1. The summed E-state index contributed by atoms with van der Waals surface area (Å²) in [4.78, 5) is 14.8. The zero-order valence-electron chi connectivity index (χ0n) is 14.8. The van der Waals surface area contributed by atoms with Crippen LogP contribution in [0.1, 0.15) is 23.5 Å². The Hall–Kier alpha value is -2.69. The van der Waals surface area contributed by atoms with Crippen molar-refractivity contribution < 1.29 is 19.0 Å². The van der Waals surface area contributed by atoms with Crippen LogP contribution in [-0.4, -0.2) is 38.7 Å². The summed E-state index contributed by atoms with van der Waals surface area (Å²) in [6.07, 6.45) is 0.690. The van der Waals surface area contributed by atoms with Crippen molar-refractivity contribution in [1.29, 1.82) is 0 Å². The van der Waals surface area contributed by atoms with E-state index in [4.69, 9.17) is 14.2 Å². The van der Waals surface area contributed by atoms with E-state index < -0.39 is 0 Å². The number of benzene rings is 2. The number of hydrogen-bond donors (Lipinski definition) is 0. The van der Waals surface area contributed by atoms with Crippen molar-refractivity contribution in [3.63, 3.8) is 0 Å². The van der Waals surface area contributed by atoms with Gasteiger partial charge in [-0.05, 0) is 30.7 Å². The second-order valence-corrected chi connectivity index (χ2v) is 6.10. The van der Waals surface area contributed by atoms with Crippen LogP contribution in [0.25, 0.3) is 0 Å². The predicted octanol–water partition coefficient (Wildman–Crippen LogP) is 3.23. The molecule has 2 aromatic rings. The van der Waals surface area contributed by atoms with Gasteiger partial charge in [-0.2, -0.15) is 0 Å². The highest BCUT2D eigenvalue weighted by molar-refractivity contribution is 5.84. The molecule has 1 aliphatic heterocycles. The Labute approximate surface area is 148 Å². The predicted molar refractivity (Wildman–Crippen MR) is 95.3 cm³/mol. The second kappa shape index (κ2) is 7.47. The quantitative estimate of drug-likeness (QED) is 0.838. The largest absolute Gasteiger partial charge is 0.497 e. The van der Waals surface area contributed by atoms with Crippen LogP contribution in [-0.2, 0) is 11.3 Å². The molecule has 1 aliphatic rings. The maximum Gasteiger partial charge on any atom is 0.230 e. The molecular formula is C20H23NO4. The van der Waals surface area contributed by atoms with Crippen LogP contribution < -0.4 is 14.2 Å². The lowest BCUT2D eigenvalue weighted by molar-refractivity contribution is -0.132. The lowest BCUT2D eigenvalue weighted by Gasteiger charge is -2.29. The van der Waals surface area contributed by atoms with E-state index in [9.17, 15) is 4.79 Å². The number of rotatable bonds is 5. The molecule has 0 aliphatic carbocycles. The summed E-state index contributed by atoms with van der Waals surface area (Å²) in [5.74, 6) is 2.20. The molecule has 5 nitrogen and oxygen atoms in total. The van der Waals surface area contributed by atoms with Crippen LogP contribution in [0.4, 0.5) is 0 Å². The zero-order chi connectivity index (χ0) is 17.8. The van der Waals surface area contributed by atoms with Gasteiger partial charge in [0.25, 0.3) is 0 Å². The molecule has 0 N–H and O–H groups in total. The number of hydrogen-bond acceptors (Lipinski definition) is 4. The first kappa shape index (κ1) is 17.1. The summed E-state index contributed by atoms with van der Waals surface area (Å²) < 4.78 is 16.4. The van der Waals surface area contributed by atoms with E-state index in [2.05, 4.69) is 0 Å². The van der Waals surface area contributed by atoms with Gasteiger partial charge in [0.15, 0.2) is 0 Å². The lowest BCUT2D eigenvalue weighted by atomic mass is 9.92. The number of carbonyl (C=O) groups is 1. The fraction of sp³-hybridized carbons (Fsp3) is 0.350. The summed E-state index contributed by atoms with van der Waals surface area (Å²) in [7, 11) is 5.07. The van der Waals surface area contributed by atoms with E-state index in [0.29, 0.717) is 19.6 Å². The first-order valence-corrected chi connectivity index (χ1v) is 8.31. The Kier molecular flexibility index (Phi) is 5.12. The lowest BCUT2D eigenvalue weighted by Crippen LogP contribution is -2.34. The Morgan fingerprint density at radius 1 is 1.20 bits per heavy atom. The van der Waals surface area contributed by atoms with Crippen LogP contribution in [0.5, 0.6) is 17.2 Å². The molecule has 0 saturated heterocycles. The topological polar surface area (TPSA) is 48.0 Å². The van der Waals surface area contributed by atoms with E-state index in [1.165, 1.54) is 0 Å². The minimum absolute atomic E-state index is 0.0839. The summed E-state index contributed by atoms with van der Waals surface area (Å²) in [6, 6.07) is 13.4. The van der Waals surface area contributed by atoms with Gasteiger partial charge in [-0.15, -0.1) is 0 Å². The number of para-hydroxylation sites is 1. The molecule has 1 heterocycles. The molecule has 0 aromatic heterocycles. The SMILES string of the molecule is COc1ccc(OC)c(CN(C)C(=O)C2CCOc3ccccc32)c1. The molecule has 2 aromatic carbocycles. The van der Waals surface area contributed by atoms with Crippen molar-refractivity contribution in [1.82, 2.24) is 4.90 Å². The number of ether oxygens (including phenoxy) is 3. The minimum Gasteiger partial charge on any atom is -0.497 e. The first-order valence-electron chi connectivity index (χ1n) is 8.31. The van der Waals surface area contributed by atoms with Crippen molar-refractivity contribution in [3.8, 4) is 17.2 Å². The molecule has 5 heteroatoms. The van der Waals surface area contributed by atoms with Gasteiger partial charge in [0, 0.05) is 24.7 Å². The van der Waals surface area contributed by atoms with Crippen molar-refractivity contribution in [2.45, 2.75) is 18.9 Å². The summed E-state index contributed by atoms with van der Waals surface area (Å²) >= 11 is 0. The Morgan fingerprint density at radius 2 is 2.00 bits per heavy atom. The van der Waals surface area contributed by atoms with Crippen LogP contribution >= 0.6 is 0 Å². The zero-order valence-corrected chi connectivity index (χ0v) is 14.8. The van der Waals surface area contributed by atoms with E-state index >= 15 is 0 Å². The Morgan fingerprint density at radius 3 is 2.76 bits per heavy atom. The van der Waals surface area contributed by atoms with Gasteiger partial charge in [0.2, 0.25) is 5.91 Å². The molecule has 132 valence electrons. The minimum atomic E-state index is -0.174. The van der Waals surface area contributed by atoms with Gasteiger partial charge in [0.05, 0.1) is 26.7 Å². The fourth-order valence-corrected chi connectivity index (χ4v) is 3.20. The van der Waals surface area contributed by atoms with Gasteiger partial charge in [0.1, 0.15) is 17.2 Å². The highest BCUT2D eigenvalue weighted by atomic mass is 16.5. The van der Waals surface area contributed by atoms with Crippen LogP contribution in [0, 0.1) is 0 Å². The molecule has 25 heavy (non-hydrogen) atoms. The maximum absolute atomic E-state index is 13.0. The number of carbonyl (C=O) groups excluding carboxylic acids is 1. The molecule has 0 saturated carbocycles. The third-order valence-corrected chi connectivity index (χ3v) is 4.53. The molecule has 3 rings (SSSR count). The molecular weight excluding hydrogens is 318 g/mol. The highest BCUT2D eigenvalue weighted by Gasteiger charge is 2.29. The van der Waals surface area contributed by atoms with Crippen molar-refractivity contribution >= 4 is 5.91 Å². The van der Waals surface area contributed by atoms with Crippen molar-refractivity contribution in [3.05, 3.63) is 53.6 Å². The smallest absolute Gasteiger partial charge is 0.230 e. The standard InChI is InChI=1S/C20H23NO4/c1-21(13-14-12-15(23-2)8-9-18(14)24-3)20(22)17-10-11-25-19-7-5-4-6-16(17)19/h4-9,12,17H,10-11,13H2,1-3H3. The van der Waals surface area contributed by atoms with E-state index in [-0.39, 0.29) is 11.8 Å². The number of amides is 1. The Balaban J connectivity index is 1.80. The molecule has 0 spiro atoms. The summed E-state index contributed by atoms with van der Waals surface area (Å²) in [5, 5.41) is 0. The molecule has 1 atom stereocenters. The molecule has 1 amide bonds. The van der Waals surface area contributed by atoms with Crippen LogP contribution in [0.15, 0.2) is 42.5 Å². The maximum atomic E-state index is 13.0. The van der Waals surface area contributed by atoms with Crippen molar-refractivity contribution in [2.75, 3.05) is 27.9 Å². The second-order valence-electron chi connectivity index (χ2n) is 6.10. The Bertz CT molecular complexity index is 759. The van der Waals surface area contributed by atoms with Crippen molar-refractivity contribution in [2.24, 2.45) is 0 Å². The van der Waals surface area contributed by atoms with Gasteiger partial charge in [-0.25, -0.2) is 0 Å². The van der Waals surface area contributed by atoms with Crippen LogP contribution in [0.3, 0.4) is 0 Å². The normalized spacial score (nSPS) is 15.7. The van der Waals surface area contributed by atoms with Gasteiger partial charge < -0.3 is 19.1 Å². The molecule has 1 unspecified atom stereocenters. The third-order valence-electron chi connectivity index (χ3n) is 4.53. The van der Waals surface area contributed by atoms with Gasteiger partial charge >= 0.3 is 0 Å². The van der Waals surface area contributed by atoms with Crippen LogP contribution in [0.2, 0.25) is 0 Å². The average Bonchev–Trinajstić information content (AvgIpc) is 2.66. The number of likely N-dealkylation sites (N-methyl/N-ethyl adjacent to an activating group) is 1. The summed E-state index contributed by atoms with van der Waals surface area (Å²) in [6.45, 7) is 1.02. The molecule has 0 radical (unpaired) electrons. The first-order chi connectivity index (χ1) is 12.1. The number of methoxy groups -OCH3 is 2. The highest BCUT2D eigenvalue weighted by Crippen LogP contribution is 2.35. The summed E-state index contributed by atoms with van der Waals surface area (Å²) in [5.41, 5.74) is 1.88. The van der Waals surface area contributed by atoms with E-state index in [0.717, 1.165) is 28.4 Å². The molecule has 0 fully saturated rings. The fourth-order valence-electron chi connectivity index (χ4n) is 3.20. The monoisotopic (exact) mass is 341 g/mol.